The summed E-state index contributed by atoms with van der Waals surface area (Å²) in [5, 5.41) is 0. The average Bonchev–Trinajstić information content (AvgIpc) is 2.60. The lowest BCUT2D eigenvalue weighted by Gasteiger charge is -2.08. The van der Waals surface area contributed by atoms with E-state index in [2.05, 4.69) is 9.47 Å². The van der Waals surface area contributed by atoms with E-state index in [0.717, 1.165) is 4.90 Å². The molecule has 0 aliphatic rings. The number of hydrogen-bond acceptors (Lipinski definition) is 7. The number of benzene rings is 1. The third kappa shape index (κ3) is 10.8. The van der Waals surface area contributed by atoms with E-state index in [0.29, 0.717) is 24.3 Å². The first-order chi connectivity index (χ1) is 12.4. The molecular weight excluding hydrogens is 413 g/mol. The Hall–Kier alpha value is -1.79. The maximum atomic E-state index is 11.2. The molecule has 0 saturated carbocycles. The van der Waals surface area contributed by atoms with Gasteiger partial charge in [0, 0.05) is 10.9 Å². The third-order valence-electron chi connectivity index (χ3n) is 2.92. The molecule has 0 N–H and O–H groups in total. The van der Waals surface area contributed by atoms with Gasteiger partial charge in [0.25, 0.3) is 0 Å². The minimum absolute atomic E-state index is 0.134. The minimum Gasteiger partial charge on any atom is -0.741 e. The molecule has 0 fully saturated rings. The molecule has 0 amide bonds. The SMILES string of the molecule is COC(=O)CC[S+](CCC(=O)OC)c1ccccc1.O=S(=O)([O-])C(F)(F)F. The van der Waals surface area contributed by atoms with E-state index in [-0.39, 0.29) is 22.8 Å². The minimum atomic E-state index is -6.09. The highest BCUT2D eigenvalue weighted by atomic mass is 32.2. The van der Waals surface area contributed by atoms with Gasteiger partial charge in [-0.1, -0.05) is 18.2 Å². The van der Waals surface area contributed by atoms with Crippen LogP contribution in [0.25, 0.3) is 0 Å². The van der Waals surface area contributed by atoms with E-state index in [1.165, 1.54) is 14.2 Å². The van der Waals surface area contributed by atoms with Gasteiger partial charge in [-0.25, -0.2) is 8.42 Å². The first-order valence-corrected chi connectivity index (χ1v) is 10.3. The predicted molar refractivity (Wildman–Crippen MR) is 90.8 cm³/mol. The summed E-state index contributed by atoms with van der Waals surface area (Å²) in [6, 6.07) is 9.93. The Balaban J connectivity index is 0.000000713. The Bertz CT molecular complexity index is 671. The summed E-state index contributed by atoms with van der Waals surface area (Å²) in [6.45, 7) is 0. The molecule has 7 nitrogen and oxygen atoms in total. The standard InChI is InChI=1S/C14H19O4S.CHF3O3S/c1-17-13(15)8-10-19(11-9-14(16)18-2)12-6-4-3-5-7-12;2-1(3,4)8(5,6)7/h3-7H,8-11H2,1-2H3;(H,5,6,7)/q+1;/p-1. The smallest absolute Gasteiger partial charge is 0.485 e. The number of alkyl halides is 3. The van der Waals surface area contributed by atoms with Crippen LogP contribution in [0.3, 0.4) is 0 Å². The summed E-state index contributed by atoms with van der Waals surface area (Å²) >= 11 is 0. The van der Waals surface area contributed by atoms with Gasteiger partial charge in [0.15, 0.2) is 15.0 Å². The Morgan fingerprint density at radius 2 is 1.37 bits per heavy atom. The predicted octanol–water partition coefficient (Wildman–Crippen LogP) is 1.84. The largest absolute Gasteiger partial charge is 0.741 e. The average molecular weight is 432 g/mol. The fraction of sp³-hybridized carbons (Fsp3) is 0.467. The second kappa shape index (κ2) is 11.8. The molecule has 1 aromatic carbocycles. The molecule has 0 heterocycles. The molecule has 0 aromatic heterocycles. The maximum absolute atomic E-state index is 11.2. The zero-order valence-corrected chi connectivity index (χ0v) is 16.2. The Morgan fingerprint density at radius 1 is 1.00 bits per heavy atom. The van der Waals surface area contributed by atoms with E-state index in [1.54, 1.807) is 0 Å². The van der Waals surface area contributed by atoms with Crippen molar-refractivity contribution in [1.82, 2.24) is 0 Å². The molecule has 0 aliphatic carbocycles. The lowest BCUT2D eigenvalue weighted by atomic mass is 10.4. The van der Waals surface area contributed by atoms with Gasteiger partial charge in [-0.2, -0.15) is 13.2 Å². The number of hydrogen-bond donors (Lipinski definition) is 0. The molecule has 1 aromatic rings. The Morgan fingerprint density at radius 3 is 1.67 bits per heavy atom. The lowest BCUT2D eigenvalue weighted by Crippen LogP contribution is -2.21. The van der Waals surface area contributed by atoms with Crippen molar-refractivity contribution in [2.75, 3.05) is 25.7 Å². The van der Waals surface area contributed by atoms with E-state index in [9.17, 15) is 22.8 Å². The first kappa shape index (κ1) is 25.2. The monoisotopic (exact) mass is 432 g/mol. The maximum Gasteiger partial charge on any atom is 0.485 e. The molecular formula is C15H19F3O7S2. The zero-order valence-electron chi connectivity index (χ0n) is 14.5. The molecule has 0 unspecified atom stereocenters. The van der Waals surface area contributed by atoms with Crippen LogP contribution in [-0.2, 0) is 40.1 Å². The van der Waals surface area contributed by atoms with Crippen molar-refractivity contribution in [2.45, 2.75) is 23.2 Å². The highest BCUT2D eigenvalue weighted by molar-refractivity contribution is 7.96. The van der Waals surface area contributed by atoms with Crippen molar-refractivity contribution in [2.24, 2.45) is 0 Å². The van der Waals surface area contributed by atoms with Crippen molar-refractivity contribution >= 4 is 33.0 Å². The summed E-state index contributed by atoms with van der Waals surface area (Å²) in [7, 11) is -3.45. The van der Waals surface area contributed by atoms with Gasteiger partial charge in [-0.15, -0.1) is 0 Å². The molecule has 27 heavy (non-hydrogen) atoms. The molecule has 0 saturated heterocycles. The fourth-order valence-corrected chi connectivity index (χ4v) is 3.61. The van der Waals surface area contributed by atoms with Gasteiger partial charge < -0.3 is 14.0 Å². The number of carbonyl (C=O) groups excluding carboxylic acids is 2. The van der Waals surface area contributed by atoms with Gasteiger partial charge in [0.05, 0.1) is 27.1 Å². The number of halogens is 3. The summed E-state index contributed by atoms with van der Waals surface area (Å²) in [5.74, 6) is 0.972. The quantitative estimate of drug-likeness (QED) is 0.280. The number of ether oxygens (including phenoxy) is 2. The molecule has 154 valence electrons. The normalized spacial score (nSPS) is 11.4. The Kier molecular flexibility index (Phi) is 11.0. The van der Waals surface area contributed by atoms with Gasteiger partial charge in [-0.05, 0) is 12.1 Å². The summed E-state index contributed by atoms with van der Waals surface area (Å²) in [4.78, 5) is 23.6. The van der Waals surface area contributed by atoms with Crippen molar-refractivity contribution < 1.29 is 45.2 Å². The number of carbonyl (C=O) groups is 2. The van der Waals surface area contributed by atoms with Crippen LogP contribution in [0.5, 0.6) is 0 Å². The number of esters is 2. The fourth-order valence-electron chi connectivity index (χ4n) is 1.57. The molecule has 0 bridgehead atoms. The lowest BCUT2D eigenvalue weighted by molar-refractivity contribution is -0.140. The third-order valence-corrected chi connectivity index (χ3v) is 5.82. The van der Waals surface area contributed by atoms with E-state index < -0.39 is 15.6 Å². The van der Waals surface area contributed by atoms with Crippen LogP contribution < -0.4 is 0 Å². The number of methoxy groups -OCH3 is 2. The van der Waals surface area contributed by atoms with Crippen LogP contribution in [0.1, 0.15) is 12.8 Å². The second-order valence-corrected chi connectivity index (χ2v) is 8.41. The summed E-state index contributed by atoms with van der Waals surface area (Å²) < 4.78 is 68.2. The first-order valence-electron chi connectivity index (χ1n) is 7.30. The van der Waals surface area contributed by atoms with E-state index in [4.69, 9.17) is 13.0 Å². The highest BCUT2D eigenvalue weighted by Gasteiger charge is 2.36. The number of rotatable bonds is 7. The molecule has 1 rings (SSSR count). The summed E-state index contributed by atoms with van der Waals surface area (Å²) in [5.41, 5.74) is -5.65. The van der Waals surface area contributed by atoms with Crippen molar-refractivity contribution in [3.05, 3.63) is 30.3 Å². The van der Waals surface area contributed by atoms with Gasteiger partial charge in [0.2, 0.25) is 0 Å². The molecule has 0 atom stereocenters. The van der Waals surface area contributed by atoms with Crippen molar-refractivity contribution in [3.8, 4) is 0 Å². The van der Waals surface area contributed by atoms with Crippen LogP contribution >= 0.6 is 0 Å². The molecule has 0 spiro atoms. The second-order valence-electron chi connectivity index (χ2n) is 4.77. The van der Waals surface area contributed by atoms with Crippen molar-refractivity contribution in [1.29, 1.82) is 0 Å². The van der Waals surface area contributed by atoms with Crippen LogP contribution in [0.2, 0.25) is 0 Å². The van der Waals surface area contributed by atoms with Gasteiger partial charge in [0.1, 0.15) is 11.5 Å². The topological polar surface area (TPSA) is 110 Å². The van der Waals surface area contributed by atoms with Crippen LogP contribution in [0, 0.1) is 0 Å². The van der Waals surface area contributed by atoms with Gasteiger partial charge >= 0.3 is 17.4 Å². The molecule has 12 heteroatoms. The van der Waals surface area contributed by atoms with Crippen molar-refractivity contribution in [3.63, 3.8) is 0 Å². The Labute approximate surface area is 157 Å². The van der Waals surface area contributed by atoms with Crippen LogP contribution in [0.4, 0.5) is 13.2 Å². The van der Waals surface area contributed by atoms with E-state index in [1.807, 2.05) is 30.3 Å². The van der Waals surface area contributed by atoms with E-state index >= 15 is 0 Å². The highest BCUT2D eigenvalue weighted by Crippen LogP contribution is 2.20. The van der Waals surface area contributed by atoms with Crippen LogP contribution in [0.15, 0.2) is 35.2 Å². The molecule has 0 radical (unpaired) electrons. The van der Waals surface area contributed by atoms with Crippen LogP contribution in [-0.4, -0.2) is 56.1 Å². The summed E-state index contributed by atoms with van der Waals surface area (Å²) in [6.07, 6.45) is 0.741. The molecule has 0 aliphatic heterocycles. The van der Waals surface area contributed by atoms with Gasteiger partial charge in [-0.3, -0.25) is 9.59 Å². The zero-order chi connectivity index (χ0) is 21.1.